The lowest BCUT2D eigenvalue weighted by molar-refractivity contribution is -0.140. The lowest BCUT2D eigenvalue weighted by Crippen LogP contribution is -2.53. The molecule has 0 aliphatic heterocycles. The monoisotopic (exact) mass is 571 g/mol. The Hall–Kier alpha value is -3.56. The number of hydrogen-bond donors (Lipinski definition) is 1. The van der Waals surface area contributed by atoms with Crippen molar-refractivity contribution < 1.29 is 22.7 Å². The van der Waals surface area contributed by atoms with Crippen LogP contribution in [-0.4, -0.2) is 50.9 Å². The van der Waals surface area contributed by atoms with E-state index in [0.29, 0.717) is 12.2 Å². The molecule has 0 aliphatic carbocycles. The number of hydrogen-bond acceptors (Lipinski definition) is 5. The number of ether oxygens (including phenoxy) is 1. The van der Waals surface area contributed by atoms with Gasteiger partial charge < -0.3 is 15.0 Å². The minimum absolute atomic E-state index is 0.0154. The third-order valence-corrected chi connectivity index (χ3v) is 8.13. The maximum Gasteiger partial charge on any atom is 0.264 e. The van der Waals surface area contributed by atoms with Crippen LogP contribution in [0, 0.1) is 0 Å². The first-order valence-electron chi connectivity index (χ1n) is 12.6. The van der Waals surface area contributed by atoms with Gasteiger partial charge in [0.1, 0.15) is 18.3 Å². The molecule has 0 unspecified atom stereocenters. The number of para-hydroxylation sites is 1. The van der Waals surface area contributed by atoms with E-state index in [2.05, 4.69) is 5.32 Å². The van der Waals surface area contributed by atoms with Gasteiger partial charge in [-0.25, -0.2) is 8.42 Å². The fraction of sp³-hybridized carbons (Fsp3) is 0.310. The van der Waals surface area contributed by atoms with Gasteiger partial charge in [-0.15, -0.1) is 0 Å². The van der Waals surface area contributed by atoms with Gasteiger partial charge in [-0.2, -0.15) is 0 Å². The maximum absolute atomic E-state index is 14.0. The number of methoxy groups -OCH3 is 1. The van der Waals surface area contributed by atoms with Gasteiger partial charge in [0.05, 0.1) is 22.7 Å². The van der Waals surface area contributed by atoms with Crippen molar-refractivity contribution in [3.8, 4) is 5.75 Å². The predicted molar refractivity (Wildman–Crippen MR) is 153 cm³/mol. The average Bonchev–Trinajstić information content (AvgIpc) is 2.92. The van der Waals surface area contributed by atoms with Gasteiger partial charge in [-0.1, -0.05) is 61.0 Å². The van der Waals surface area contributed by atoms with Crippen LogP contribution in [0.3, 0.4) is 0 Å². The smallest absolute Gasteiger partial charge is 0.264 e. The van der Waals surface area contributed by atoms with Crippen molar-refractivity contribution in [1.82, 2.24) is 10.2 Å². The van der Waals surface area contributed by atoms with Crippen molar-refractivity contribution in [2.75, 3.05) is 18.0 Å². The van der Waals surface area contributed by atoms with E-state index in [0.717, 1.165) is 9.87 Å². The molecule has 1 N–H and O–H groups in total. The van der Waals surface area contributed by atoms with Crippen LogP contribution in [0.5, 0.6) is 5.75 Å². The Morgan fingerprint density at radius 2 is 1.64 bits per heavy atom. The van der Waals surface area contributed by atoms with Crippen LogP contribution in [-0.2, 0) is 26.2 Å². The maximum atomic E-state index is 14.0. The molecule has 0 saturated carbocycles. The fourth-order valence-electron chi connectivity index (χ4n) is 4.15. The zero-order valence-electron chi connectivity index (χ0n) is 22.5. The molecule has 39 heavy (non-hydrogen) atoms. The standard InChI is InChI=1S/C29H34ClN3O5S/c1-5-26(29(35)31-21(2)3)32(19-22-12-11-13-23(18-22)38-4)28(34)20-33(27-17-10-9-16-25(27)30)39(36,37)24-14-7-6-8-15-24/h6-18,21,26H,5,19-20H2,1-4H3,(H,31,35)/t26-/m1/s1. The number of sulfonamides is 1. The lowest BCUT2D eigenvalue weighted by Gasteiger charge is -2.33. The van der Waals surface area contributed by atoms with Crippen LogP contribution in [0.2, 0.25) is 5.02 Å². The fourth-order valence-corrected chi connectivity index (χ4v) is 5.90. The molecule has 0 aromatic heterocycles. The highest BCUT2D eigenvalue weighted by molar-refractivity contribution is 7.92. The number of nitrogens with one attached hydrogen (secondary N) is 1. The summed E-state index contributed by atoms with van der Waals surface area (Å²) in [5.41, 5.74) is 0.895. The normalized spacial score (nSPS) is 12.1. The lowest BCUT2D eigenvalue weighted by atomic mass is 10.1. The van der Waals surface area contributed by atoms with E-state index in [-0.39, 0.29) is 34.1 Å². The first kappa shape index (κ1) is 30.0. The second kappa shape index (κ2) is 13.5. The summed E-state index contributed by atoms with van der Waals surface area (Å²) >= 11 is 6.43. The minimum Gasteiger partial charge on any atom is -0.497 e. The molecule has 1 atom stereocenters. The summed E-state index contributed by atoms with van der Waals surface area (Å²) in [6, 6.07) is 20.5. The molecule has 10 heteroatoms. The van der Waals surface area contributed by atoms with Crippen LogP contribution in [0.25, 0.3) is 0 Å². The van der Waals surface area contributed by atoms with E-state index in [1.165, 1.54) is 17.0 Å². The molecule has 0 bridgehead atoms. The molecule has 3 aromatic rings. The van der Waals surface area contributed by atoms with Crippen LogP contribution >= 0.6 is 11.6 Å². The Kier molecular flexibility index (Phi) is 10.4. The van der Waals surface area contributed by atoms with Gasteiger partial charge in [0.25, 0.3) is 10.0 Å². The third kappa shape index (κ3) is 7.52. The van der Waals surface area contributed by atoms with Crippen molar-refractivity contribution in [2.24, 2.45) is 0 Å². The minimum atomic E-state index is -4.18. The number of halogens is 1. The highest BCUT2D eigenvalue weighted by atomic mass is 35.5. The van der Waals surface area contributed by atoms with Crippen LogP contribution in [0.4, 0.5) is 5.69 Å². The molecular formula is C29H34ClN3O5S. The van der Waals surface area contributed by atoms with E-state index in [4.69, 9.17) is 16.3 Å². The van der Waals surface area contributed by atoms with Gasteiger partial charge in [-0.3, -0.25) is 13.9 Å². The number of anilines is 1. The summed E-state index contributed by atoms with van der Waals surface area (Å²) in [6.45, 7) is 5.00. The molecule has 2 amide bonds. The first-order valence-corrected chi connectivity index (χ1v) is 14.4. The number of carbonyl (C=O) groups excluding carboxylic acids is 2. The summed E-state index contributed by atoms with van der Waals surface area (Å²) in [7, 11) is -2.64. The summed E-state index contributed by atoms with van der Waals surface area (Å²) < 4.78 is 33.9. The van der Waals surface area contributed by atoms with Gasteiger partial charge in [0, 0.05) is 12.6 Å². The molecule has 8 nitrogen and oxygen atoms in total. The quantitative estimate of drug-likeness (QED) is 0.334. The number of carbonyl (C=O) groups is 2. The highest BCUT2D eigenvalue weighted by Gasteiger charge is 2.34. The second-order valence-electron chi connectivity index (χ2n) is 9.24. The first-order chi connectivity index (χ1) is 18.6. The Morgan fingerprint density at radius 1 is 0.974 bits per heavy atom. The second-order valence-corrected chi connectivity index (χ2v) is 11.5. The molecule has 0 heterocycles. The Labute approximate surface area is 235 Å². The molecule has 0 radical (unpaired) electrons. The van der Waals surface area contributed by atoms with E-state index in [9.17, 15) is 18.0 Å². The van der Waals surface area contributed by atoms with Gasteiger partial charge >= 0.3 is 0 Å². The zero-order chi connectivity index (χ0) is 28.6. The molecule has 0 aliphatic rings. The molecule has 3 rings (SSSR count). The summed E-state index contributed by atoms with van der Waals surface area (Å²) in [5.74, 6) is -0.272. The highest BCUT2D eigenvalue weighted by Crippen LogP contribution is 2.31. The molecule has 3 aromatic carbocycles. The molecule has 0 fully saturated rings. The van der Waals surface area contributed by atoms with Crippen molar-refractivity contribution in [2.45, 2.75) is 50.7 Å². The number of benzene rings is 3. The van der Waals surface area contributed by atoms with Crippen LogP contribution in [0.1, 0.15) is 32.8 Å². The summed E-state index contributed by atoms with van der Waals surface area (Å²) in [4.78, 5) is 28.6. The third-order valence-electron chi connectivity index (χ3n) is 6.04. The van der Waals surface area contributed by atoms with E-state index in [1.54, 1.807) is 67.8 Å². The predicted octanol–water partition coefficient (Wildman–Crippen LogP) is 4.88. The largest absolute Gasteiger partial charge is 0.497 e. The van der Waals surface area contributed by atoms with Gasteiger partial charge in [-0.05, 0) is 62.2 Å². The Morgan fingerprint density at radius 3 is 2.26 bits per heavy atom. The topological polar surface area (TPSA) is 96.0 Å². The number of nitrogens with zero attached hydrogens (tertiary/aromatic N) is 2. The zero-order valence-corrected chi connectivity index (χ0v) is 24.1. The summed E-state index contributed by atoms with van der Waals surface area (Å²) in [6.07, 6.45) is 0.325. The molecule has 0 spiro atoms. The van der Waals surface area contributed by atoms with Gasteiger partial charge in [0.2, 0.25) is 11.8 Å². The molecule has 208 valence electrons. The Balaban J connectivity index is 2.07. The number of amides is 2. The van der Waals surface area contributed by atoms with Crippen LogP contribution < -0.4 is 14.4 Å². The van der Waals surface area contributed by atoms with E-state index < -0.39 is 28.5 Å². The van der Waals surface area contributed by atoms with Crippen molar-refractivity contribution in [3.63, 3.8) is 0 Å². The van der Waals surface area contributed by atoms with Crippen LogP contribution in [0.15, 0.2) is 83.8 Å². The van der Waals surface area contributed by atoms with Crippen molar-refractivity contribution >= 4 is 39.1 Å². The van der Waals surface area contributed by atoms with Gasteiger partial charge in [0.15, 0.2) is 0 Å². The van der Waals surface area contributed by atoms with Crippen molar-refractivity contribution in [3.05, 3.63) is 89.4 Å². The molecular weight excluding hydrogens is 538 g/mol. The SMILES string of the molecule is CC[C@H](C(=O)NC(C)C)N(Cc1cccc(OC)c1)C(=O)CN(c1ccccc1Cl)S(=O)(=O)c1ccccc1. The van der Waals surface area contributed by atoms with E-state index >= 15 is 0 Å². The van der Waals surface area contributed by atoms with E-state index in [1.807, 2.05) is 26.8 Å². The Bertz CT molecular complexity index is 1380. The average molecular weight is 572 g/mol. The number of rotatable bonds is 12. The van der Waals surface area contributed by atoms with Crippen molar-refractivity contribution in [1.29, 1.82) is 0 Å². The molecule has 0 saturated heterocycles. The summed E-state index contributed by atoms with van der Waals surface area (Å²) in [5, 5.41) is 3.05.